The van der Waals surface area contributed by atoms with Gasteiger partial charge in [-0.3, -0.25) is 4.90 Å². The van der Waals surface area contributed by atoms with Gasteiger partial charge in [-0.15, -0.1) is 0 Å². The minimum absolute atomic E-state index is 0.215. The first-order valence-electron chi connectivity index (χ1n) is 5.87. The quantitative estimate of drug-likeness (QED) is 0.672. The van der Waals surface area contributed by atoms with Crippen LogP contribution in [-0.4, -0.2) is 24.0 Å². The van der Waals surface area contributed by atoms with Crippen LogP contribution in [0.2, 0.25) is 0 Å². The predicted molar refractivity (Wildman–Crippen MR) is 56.8 cm³/mol. The Morgan fingerprint density at radius 1 is 1.36 bits per heavy atom. The van der Waals surface area contributed by atoms with Crippen LogP contribution in [0.1, 0.15) is 45.4 Å². The summed E-state index contributed by atoms with van der Waals surface area (Å²) in [6, 6.07) is 2.65. The normalized spacial score (nSPS) is 31.9. The van der Waals surface area contributed by atoms with E-state index in [-0.39, 0.29) is 6.04 Å². The molecule has 1 heterocycles. The number of hydrogen-bond acceptors (Lipinski definition) is 2. The second-order valence-electron chi connectivity index (χ2n) is 5.28. The van der Waals surface area contributed by atoms with E-state index in [9.17, 15) is 0 Å². The van der Waals surface area contributed by atoms with Crippen LogP contribution < -0.4 is 0 Å². The zero-order valence-corrected chi connectivity index (χ0v) is 9.13. The molecule has 0 aromatic heterocycles. The standard InChI is InChI=1S/C12H20N2/c1-12(6-2-3-7-12)10-14-8-4-5-11(14)9-13/h11H,2-8,10H2,1H3. The second kappa shape index (κ2) is 3.90. The van der Waals surface area contributed by atoms with Crippen LogP contribution in [0.4, 0.5) is 0 Å². The van der Waals surface area contributed by atoms with Gasteiger partial charge < -0.3 is 0 Å². The van der Waals surface area contributed by atoms with E-state index in [4.69, 9.17) is 5.26 Å². The summed E-state index contributed by atoms with van der Waals surface area (Å²) < 4.78 is 0. The Morgan fingerprint density at radius 2 is 2.07 bits per heavy atom. The average molecular weight is 192 g/mol. The molecule has 2 nitrogen and oxygen atoms in total. The zero-order valence-electron chi connectivity index (χ0n) is 9.13. The van der Waals surface area contributed by atoms with E-state index in [1.807, 2.05) is 0 Å². The van der Waals surface area contributed by atoms with Crippen molar-refractivity contribution in [3.8, 4) is 6.07 Å². The lowest BCUT2D eigenvalue weighted by Gasteiger charge is -2.31. The van der Waals surface area contributed by atoms with Gasteiger partial charge >= 0.3 is 0 Å². The van der Waals surface area contributed by atoms with E-state index in [1.54, 1.807) is 0 Å². The van der Waals surface area contributed by atoms with Crippen molar-refractivity contribution in [1.29, 1.82) is 5.26 Å². The van der Waals surface area contributed by atoms with Gasteiger partial charge in [0.2, 0.25) is 0 Å². The Labute approximate surface area is 86.9 Å². The van der Waals surface area contributed by atoms with Crippen LogP contribution in [0, 0.1) is 16.7 Å². The van der Waals surface area contributed by atoms with Gasteiger partial charge in [-0.05, 0) is 37.6 Å². The van der Waals surface area contributed by atoms with Crippen molar-refractivity contribution in [2.45, 2.75) is 51.5 Å². The first-order chi connectivity index (χ1) is 6.73. The van der Waals surface area contributed by atoms with E-state index >= 15 is 0 Å². The maximum absolute atomic E-state index is 9.00. The third-order valence-corrected chi connectivity index (χ3v) is 3.91. The fourth-order valence-corrected chi connectivity index (χ4v) is 3.04. The molecule has 0 N–H and O–H groups in total. The van der Waals surface area contributed by atoms with Gasteiger partial charge in [-0.25, -0.2) is 0 Å². The highest BCUT2D eigenvalue weighted by Gasteiger charge is 2.34. The van der Waals surface area contributed by atoms with Gasteiger partial charge in [0.25, 0.3) is 0 Å². The maximum Gasteiger partial charge on any atom is 0.0978 e. The van der Waals surface area contributed by atoms with Crippen molar-refractivity contribution in [3.63, 3.8) is 0 Å². The molecule has 0 aromatic rings. The zero-order chi connectivity index (χ0) is 10.0. The largest absolute Gasteiger partial charge is 0.288 e. The van der Waals surface area contributed by atoms with Crippen molar-refractivity contribution in [3.05, 3.63) is 0 Å². The Kier molecular flexibility index (Phi) is 2.78. The van der Waals surface area contributed by atoms with Crippen LogP contribution in [0.25, 0.3) is 0 Å². The van der Waals surface area contributed by atoms with Crippen molar-refractivity contribution in [1.82, 2.24) is 4.90 Å². The van der Waals surface area contributed by atoms with Gasteiger partial charge in [0.1, 0.15) is 0 Å². The topological polar surface area (TPSA) is 27.0 Å². The van der Waals surface area contributed by atoms with Crippen LogP contribution >= 0.6 is 0 Å². The van der Waals surface area contributed by atoms with Crippen LogP contribution in [0.3, 0.4) is 0 Å². The summed E-state index contributed by atoms with van der Waals surface area (Å²) in [5.41, 5.74) is 0.513. The van der Waals surface area contributed by atoms with Gasteiger partial charge in [-0.2, -0.15) is 5.26 Å². The summed E-state index contributed by atoms with van der Waals surface area (Å²) in [6.07, 6.45) is 7.81. The van der Waals surface area contributed by atoms with Gasteiger partial charge in [0.05, 0.1) is 12.1 Å². The van der Waals surface area contributed by atoms with Crippen molar-refractivity contribution < 1.29 is 0 Å². The molecule has 1 aliphatic heterocycles. The molecule has 2 aliphatic rings. The highest BCUT2D eigenvalue weighted by molar-refractivity contribution is 4.98. The predicted octanol–water partition coefficient (Wildman–Crippen LogP) is 2.55. The Balaban J connectivity index is 1.93. The molecule has 14 heavy (non-hydrogen) atoms. The van der Waals surface area contributed by atoms with Gasteiger partial charge in [0, 0.05) is 6.54 Å². The molecule has 2 heteroatoms. The monoisotopic (exact) mass is 192 g/mol. The highest BCUT2D eigenvalue weighted by Crippen LogP contribution is 2.39. The van der Waals surface area contributed by atoms with Crippen LogP contribution in [0.15, 0.2) is 0 Å². The van der Waals surface area contributed by atoms with E-state index in [1.165, 1.54) is 32.1 Å². The summed E-state index contributed by atoms with van der Waals surface area (Å²) >= 11 is 0. The summed E-state index contributed by atoms with van der Waals surface area (Å²) in [6.45, 7) is 4.70. The van der Waals surface area contributed by atoms with E-state index in [0.29, 0.717) is 5.41 Å². The summed E-state index contributed by atoms with van der Waals surface area (Å²) in [5, 5.41) is 9.00. The lowest BCUT2D eigenvalue weighted by Crippen LogP contribution is -2.37. The van der Waals surface area contributed by atoms with E-state index < -0.39 is 0 Å². The van der Waals surface area contributed by atoms with Crippen molar-refractivity contribution >= 4 is 0 Å². The fraction of sp³-hybridized carbons (Fsp3) is 0.917. The molecule has 0 amide bonds. The first kappa shape index (κ1) is 9.98. The first-order valence-corrected chi connectivity index (χ1v) is 5.87. The molecule has 1 saturated heterocycles. The SMILES string of the molecule is CC1(CN2CCCC2C#N)CCCC1. The smallest absolute Gasteiger partial charge is 0.0978 e. The molecule has 1 atom stereocenters. The van der Waals surface area contributed by atoms with E-state index in [2.05, 4.69) is 17.9 Å². The summed E-state index contributed by atoms with van der Waals surface area (Å²) in [4.78, 5) is 2.41. The molecule has 1 unspecified atom stereocenters. The molecule has 0 spiro atoms. The van der Waals surface area contributed by atoms with Gasteiger partial charge in [-0.1, -0.05) is 19.8 Å². The molecule has 2 fully saturated rings. The maximum atomic E-state index is 9.00. The Bertz CT molecular complexity index is 235. The number of likely N-dealkylation sites (tertiary alicyclic amines) is 1. The minimum atomic E-state index is 0.215. The molecular weight excluding hydrogens is 172 g/mol. The fourth-order valence-electron chi connectivity index (χ4n) is 3.04. The molecule has 1 saturated carbocycles. The van der Waals surface area contributed by atoms with Crippen molar-refractivity contribution in [2.75, 3.05) is 13.1 Å². The number of nitrogens with zero attached hydrogens (tertiary/aromatic N) is 2. The molecule has 0 aromatic carbocycles. The number of rotatable bonds is 2. The third-order valence-electron chi connectivity index (χ3n) is 3.91. The highest BCUT2D eigenvalue weighted by atomic mass is 15.2. The third kappa shape index (κ3) is 1.93. The molecule has 0 bridgehead atoms. The molecule has 2 rings (SSSR count). The summed E-state index contributed by atoms with van der Waals surface area (Å²) in [5.74, 6) is 0. The second-order valence-corrected chi connectivity index (χ2v) is 5.28. The Morgan fingerprint density at radius 3 is 2.71 bits per heavy atom. The molecule has 78 valence electrons. The van der Waals surface area contributed by atoms with Crippen LogP contribution in [0.5, 0.6) is 0 Å². The molecular formula is C12H20N2. The lowest BCUT2D eigenvalue weighted by molar-refractivity contribution is 0.175. The van der Waals surface area contributed by atoms with Crippen LogP contribution in [-0.2, 0) is 0 Å². The number of hydrogen-bond donors (Lipinski definition) is 0. The molecule has 0 radical (unpaired) electrons. The van der Waals surface area contributed by atoms with E-state index in [0.717, 1.165) is 19.5 Å². The molecule has 1 aliphatic carbocycles. The minimum Gasteiger partial charge on any atom is -0.288 e. The van der Waals surface area contributed by atoms with Gasteiger partial charge in [0.15, 0.2) is 0 Å². The Hall–Kier alpha value is -0.550. The lowest BCUT2D eigenvalue weighted by atomic mass is 9.88. The van der Waals surface area contributed by atoms with Crippen molar-refractivity contribution in [2.24, 2.45) is 5.41 Å². The average Bonchev–Trinajstić information content (AvgIpc) is 2.75. The number of nitriles is 1. The summed E-state index contributed by atoms with van der Waals surface area (Å²) in [7, 11) is 0.